The highest BCUT2D eigenvalue weighted by molar-refractivity contribution is 6.63. The molecule has 0 spiro atoms. The summed E-state index contributed by atoms with van der Waals surface area (Å²) in [5, 5.41) is 0. The zero-order chi connectivity index (χ0) is 13.9. The summed E-state index contributed by atoms with van der Waals surface area (Å²) in [5.41, 5.74) is 1.36. The van der Waals surface area contributed by atoms with Crippen LogP contribution in [0.1, 0.15) is 26.3 Å². The van der Waals surface area contributed by atoms with Crippen LogP contribution in [0.15, 0.2) is 30.3 Å². The fourth-order valence-corrected chi connectivity index (χ4v) is 0.534. The molecule has 0 N–H and O–H groups in total. The highest BCUT2D eigenvalue weighted by Crippen LogP contribution is 2.03. The highest BCUT2D eigenvalue weighted by atomic mass is 35.6. The molecule has 0 unspecified atom stereocenters. The minimum absolute atomic E-state index is 0.0417. The quantitative estimate of drug-likeness (QED) is 0.582. The topological polar surface area (TPSA) is 9.23 Å². The van der Waals surface area contributed by atoms with Crippen molar-refractivity contribution in [3.8, 4) is 0 Å². The van der Waals surface area contributed by atoms with E-state index in [1.165, 1.54) is 5.56 Å². The van der Waals surface area contributed by atoms with Gasteiger partial charge in [-0.05, 0) is 27.7 Å². The number of halogens is 3. The van der Waals surface area contributed by atoms with Crippen LogP contribution in [-0.4, -0.2) is 17.0 Å². The van der Waals surface area contributed by atoms with Crippen LogP contribution in [0.3, 0.4) is 0 Å². The van der Waals surface area contributed by atoms with Gasteiger partial charge in [-0.15, -0.1) is 0 Å². The van der Waals surface area contributed by atoms with Gasteiger partial charge in [0.25, 0.3) is 0 Å². The normalized spacial score (nSPS) is 9.94. The molecule has 1 aromatic carbocycles. The Kier molecular flexibility index (Phi) is 12.7. The summed E-state index contributed by atoms with van der Waals surface area (Å²) in [7, 11) is 1.71. The third-order valence-corrected chi connectivity index (χ3v) is 1.55. The van der Waals surface area contributed by atoms with Crippen molar-refractivity contribution in [1.82, 2.24) is 0 Å². The molecule has 0 heterocycles. The van der Waals surface area contributed by atoms with Gasteiger partial charge >= 0.3 is 0 Å². The van der Waals surface area contributed by atoms with Gasteiger partial charge in [-0.1, -0.05) is 70.7 Å². The molecule has 0 aliphatic carbocycles. The van der Waals surface area contributed by atoms with E-state index in [2.05, 4.69) is 19.1 Å². The lowest BCUT2D eigenvalue weighted by Crippen LogP contribution is -2.15. The standard InChI is InChI=1S/C7H8.C5H12O.CHCl3/c1-7-5-3-2-4-6-7;1-5(2,3)6-4;2-1(3)4/h2-6H,1H3;1-4H3;1H. The van der Waals surface area contributed by atoms with Crippen LogP contribution in [0.5, 0.6) is 0 Å². The van der Waals surface area contributed by atoms with E-state index in [0.717, 1.165) is 0 Å². The second-order valence-corrected chi connectivity index (χ2v) is 6.20. The van der Waals surface area contributed by atoms with Crippen molar-refractivity contribution in [3.63, 3.8) is 0 Å². The molecule has 1 rings (SSSR count). The van der Waals surface area contributed by atoms with Gasteiger partial charge in [0.05, 0.1) is 5.60 Å². The summed E-state index contributed by atoms with van der Waals surface area (Å²) in [6.07, 6.45) is 0. The van der Waals surface area contributed by atoms with E-state index in [-0.39, 0.29) is 5.60 Å². The lowest BCUT2D eigenvalue weighted by Gasteiger charge is -2.14. The van der Waals surface area contributed by atoms with Crippen LogP contribution in [0.4, 0.5) is 0 Å². The summed E-state index contributed by atoms with van der Waals surface area (Å²) in [5.74, 6) is 0. The zero-order valence-electron chi connectivity index (χ0n) is 11.0. The molecule has 100 valence electrons. The lowest BCUT2D eigenvalue weighted by molar-refractivity contribution is 0.0397. The molecule has 0 aromatic heterocycles. The maximum Gasteiger partial charge on any atom is 0.180 e. The Balaban J connectivity index is 0. The number of benzene rings is 1. The molecule has 0 amide bonds. The second-order valence-electron chi connectivity index (χ2n) is 4.22. The van der Waals surface area contributed by atoms with Crippen molar-refractivity contribution in [2.45, 2.75) is 37.6 Å². The van der Waals surface area contributed by atoms with Gasteiger partial charge in [-0.2, -0.15) is 0 Å². The van der Waals surface area contributed by atoms with Gasteiger partial charge in [-0.3, -0.25) is 0 Å². The first kappa shape index (κ1) is 19.4. The molecule has 1 nitrogen and oxygen atoms in total. The number of ether oxygens (including phenoxy) is 1. The third-order valence-electron chi connectivity index (χ3n) is 1.55. The third kappa shape index (κ3) is 25.9. The number of hydrogen-bond donors (Lipinski definition) is 0. The number of hydrogen-bond acceptors (Lipinski definition) is 1. The van der Waals surface area contributed by atoms with Gasteiger partial charge in [0.15, 0.2) is 4.30 Å². The van der Waals surface area contributed by atoms with E-state index in [1.54, 1.807) is 7.11 Å². The van der Waals surface area contributed by atoms with Gasteiger partial charge in [0, 0.05) is 7.11 Å². The molecular weight excluding hydrogens is 279 g/mol. The van der Waals surface area contributed by atoms with Crippen LogP contribution >= 0.6 is 34.8 Å². The summed E-state index contributed by atoms with van der Waals surface area (Å²) < 4.78 is 4.19. The Bertz CT molecular complexity index is 252. The van der Waals surface area contributed by atoms with Crippen LogP contribution < -0.4 is 0 Å². The van der Waals surface area contributed by atoms with Gasteiger partial charge in [0.2, 0.25) is 0 Å². The van der Waals surface area contributed by atoms with E-state index >= 15 is 0 Å². The average molecular weight is 300 g/mol. The Hall–Kier alpha value is 0.0500. The van der Waals surface area contributed by atoms with Crippen molar-refractivity contribution in [1.29, 1.82) is 0 Å². The summed E-state index contributed by atoms with van der Waals surface area (Å²) in [4.78, 5) is 0. The number of aryl methyl sites for hydroxylation is 1. The van der Waals surface area contributed by atoms with Crippen molar-refractivity contribution < 1.29 is 4.74 Å². The van der Waals surface area contributed by atoms with Crippen molar-refractivity contribution in [3.05, 3.63) is 35.9 Å². The molecule has 17 heavy (non-hydrogen) atoms. The second kappa shape index (κ2) is 11.2. The number of alkyl halides is 3. The Labute approximate surface area is 120 Å². The molecular formula is C13H21Cl3O. The molecule has 4 heteroatoms. The predicted molar refractivity (Wildman–Crippen MR) is 79.3 cm³/mol. The minimum atomic E-state index is -0.750. The van der Waals surface area contributed by atoms with E-state index < -0.39 is 4.30 Å². The van der Waals surface area contributed by atoms with Gasteiger partial charge in [0.1, 0.15) is 0 Å². The lowest BCUT2D eigenvalue weighted by atomic mass is 10.2. The first-order valence-corrected chi connectivity index (χ1v) is 6.49. The monoisotopic (exact) mass is 298 g/mol. The first-order valence-electron chi connectivity index (χ1n) is 5.18. The molecule has 0 fully saturated rings. The van der Waals surface area contributed by atoms with Crippen LogP contribution in [-0.2, 0) is 4.74 Å². The molecule has 0 bridgehead atoms. The first-order chi connectivity index (χ1) is 7.69. The number of methoxy groups -OCH3 is 1. The number of rotatable bonds is 0. The minimum Gasteiger partial charge on any atom is -0.379 e. The van der Waals surface area contributed by atoms with Gasteiger partial charge < -0.3 is 4.74 Å². The maximum atomic E-state index is 4.94. The largest absolute Gasteiger partial charge is 0.379 e. The smallest absolute Gasteiger partial charge is 0.180 e. The fourth-order valence-electron chi connectivity index (χ4n) is 0.534. The van der Waals surface area contributed by atoms with Gasteiger partial charge in [-0.25, -0.2) is 0 Å². The zero-order valence-corrected chi connectivity index (χ0v) is 13.3. The highest BCUT2D eigenvalue weighted by Gasteiger charge is 2.03. The van der Waals surface area contributed by atoms with E-state index in [9.17, 15) is 0 Å². The van der Waals surface area contributed by atoms with E-state index in [0.29, 0.717) is 0 Å². The molecule has 0 atom stereocenters. The van der Waals surface area contributed by atoms with Crippen LogP contribution in [0.25, 0.3) is 0 Å². The summed E-state index contributed by atoms with van der Waals surface area (Å²) in [6.45, 7) is 8.15. The Morgan fingerprint density at radius 2 is 1.29 bits per heavy atom. The molecule has 0 radical (unpaired) electrons. The molecule has 0 saturated carbocycles. The molecule has 1 aromatic rings. The Morgan fingerprint density at radius 3 is 1.41 bits per heavy atom. The van der Waals surface area contributed by atoms with Crippen molar-refractivity contribution in [2.75, 3.05) is 7.11 Å². The van der Waals surface area contributed by atoms with E-state index in [4.69, 9.17) is 39.5 Å². The van der Waals surface area contributed by atoms with Crippen LogP contribution in [0, 0.1) is 6.92 Å². The fraction of sp³-hybridized carbons (Fsp3) is 0.538. The summed E-state index contributed by atoms with van der Waals surface area (Å²) >= 11 is 14.4. The summed E-state index contributed by atoms with van der Waals surface area (Å²) in [6, 6.07) is 10.3. The van der Waals surface area contributed by atoms with Crippen LogP contribution in [0.2, 0.25) is 0 Å². The van der Waals surface area contributed by atoms with E-state index in [1.807, 2.05) is 39.0 Å². The molecule has 0 aliphatic rings. The van der Waals surface area contributed by atoms with Crippen molar-refractivity contribution >= 4 is 34.8 Å². The molecule has 0 saturated heterocycles. The molecule has 0 aliphatic heterocycles. The SMILES string of the molecule is COC(C)(C)C.Cc1ccccc1.ClC(Cl)Cl. The average Bonchev–Trinajstić information content (AvgIpc) is 2.18. The predicted octanol–water partition coefficient (Wildman–Crippen LogP) is 5.41. The Morgan fingerprint density at radius 1 is 1.00 bits per heavy atom. The van der Waals surface area contributed by atoms with Crippen molar-refractivity contribution in [2.24, 2.45) is 0 Å². The maximum absolute atomic E-state index is 4.94.